The summed E-state index contributed by atoms with van der Waals surface area (Å²) in [5, 5.41) is 0. The molecule has 1 saturated heterocycles. The van der Waals surface area contributed by atoms with Gasteiger partial charge in [-0.15, -0.1) is 11.8 Å². The van der Waals surface area contributed by atoms with E-state index in [0.717, 1.165) is 11.3 Å². The normalized spacial score (nSPS) is 19.3. The van der Waals surface area contributed by atoms with Crippen LogP contribution in [0.1, 0.15) is 19.4 Å². The van der Waals surface area contributed by atoms with Crippen molar-refractivity contribution in [2.75, 3.05) is 19.0 Å². The molecule has 3 heteroatoms. The molecule has 0 amide bonds. The van der Waals surface area contributed by atoms with Crippen molar-refractivity contribution in [3.05, 3.63) is 29.8 Å². The molecular weight excluding hydrogens is 208 g/mol. The van der Waals surface area contributed by atoms with Crippen LogP contribution in [0.2, 0.25) is 0 Å². The highest BCUT2D eigenvalue weighted by atomic mass is 32.2. The lowest BCUT2D eigenvalue weighted by atomic mass is 10.1. The average Bonchev–Trinajstić information content (AvgIpc) is 2.68. The van der Waals surface area contributed by atoms with E-state index < -0.39 is 5.79 Å². The van der Waals surface area contributed by atoms with E-state index >= 15 is 0 Å². The molecule has 0 N–H and O–H groups in total. The number of rotatable bonds is 3. The number of benzene rings is 1. The number of hydrogen-bond acceptors (Lipinski definition) is 3. The first kappa shape index (κ1) is 11.0. The zero-order valence-electron chi connectivity index (χ0n) is 9.16. The van der Waals surface area contributed by atoms with E-state index in [4.69, 9.17) is 9.47 Å². The fourth-order valence-electron chi connectivity index (χ4n) is 1.70. The zero-order valence-corrected chi connectivity index (χ0v) is 9.97. The van der Waals surface area contributed by atoms with Gasteiger partial charge in [0.15, 0.2) is 5.79 Å². The summed E-state index contributed by atoms with van der Waals surface area (Å²) in [4.78, 5) is 1.29. The van der Waals surface area contributed by atoms with Gasteiger partial charge in [0.1, 0.15) is 0 Å². The maximum absolute atomic E-state index is 5.60. The van der Waals surface area contributed by atoms with Crippen LogP contribution in [0.5, 0.6) is 0 Å². The first-order valence-electron chi connectivity index (χ1n) is 5.26. The van der Waals surface area contributed by atoms with Gasteiger partial charge in [0, 0.05) is 10.5 Å². The van der Waals surface area contributed by atoms with E-state index in [9.17, 15) is 0 Å². The van der Waals surface area contributed by atoms with Crippen LogP contribution in [0, 0.1) is 0 Å². The number of ether oxygens (including phenoxy) is 2. The summed E-state index contributed by atoms with van der Waals surface area (Å²) in [5.41, 5.74) is 1.10. The molecule has 1 aliphatic heterocycles. The molecule has 0 unspecified atom stereocenters. The molecule has 0 aromatic heterocycles. The molecule has 1 aliphatic rings. The Morgan fingerprint density at radius 2 is 1.80 bits per heavy atom. The van der Waals surface area contributed by atoms with Crippen LogP contribution in [0.3, 0.4) is 0 Å². The van der Waals surface area contributed by atoms with Crippen molar-refractivity contribution >= 4 is 11.8 Å². The van der Waals surface area contributed by atoms with Crippen LogP contribution in [-0.2, 0) is 15.3 Å². The second-order valence-electron chi connectivity index (χ2n) is 3.60. The van der Waals surface area contributed by atoms with Crippen LogP contribution >= 0.6 is 11.8 Å². The monoisotopic (exact) mass is 224 g/mol. The van der Waals surface area contributed by atoms with Gasteiger partial charge in [-0.1, -0.05) is 19.1 Å². The molecular formula is C12H16O2S. The summed E-state index contributed by atoms with van der Waals surface area (Å²) >= 11 is 1.84. The van der Waals surface area contributed by atoms with Gasteiger partial charge in [0.05, 0.1) is 13.2 Å². The van der Waals surface area contributed by atoms with Crippen LogP contribution in [0.15, 0.2) is 29.2 Å². The molecule has 1 aromatic rings. The molecule has 2 nitrogen and oxygen atoms in total. The van der Waals surface area contributed by atoms with E-state index in [1.807, 2.05) is 18.7 Å². The minimum Gasteiger partial charge on any atom is -0.344 e. The SMILES string of the molecule is CCSc1ccc(C2(C)OCCO2)cc1. The molecule has 2 rings (SSSR count). The minimum atomic E-state index is -0.532. The van der Waals surface area contributed by atoms with Gasteiger partial charge < -0.3 is 9.47 Å². The predicted molar refractivity (Wildman–Crippen MR) is 62.1 cm³/mol. The summed E-state index contributed by atoms with van der Waals surface area (Å²) in [7, 11) is 0. The van der Waals surface area contributed by atoms with E-state index in [0.29, 0.717) is 13.2 Å². The summed E-state index contributed by atoms with van der Waals surface area (Å²) in [6.45, 7) is 5.50. The summed E-state index contributed by atoms with van der Waals surface area (Å²) in [6.07, 6.45) is 0. The predicted octanol–water partition coefficient (Wildman–Crippen LogP) is 3.02. The minimum absolute atomic E-state index is 0.532. The Hall–Kier alpha value is -0.510. The number of hydrogen-bond donors (Lipinski definition) is 0. The number of thioether (sulfide) groups is 1. The van der Waals surface area contributed by atoms with Gasteiger partial charge in [-0.2, -0.15) is 0 Å². The third-order valence-electron chi connectivity index (χ3n) is 2.53. The van der Waals surface area contributed by atoms with Crippen LogP contribution in [0.4, 0.5) is 0 Å². The third kappa shape index (κ3) is 2.36. The van der Waals surface area contributed by atoms with Crippen LogP contribution in [-0.4, -0.2) is 19.0 Å². The van der Waals surface area contributed by atoms with E-state index in [-0.39, 0.29) is 0 Å². The van der Waals surface area contributed by atoms with Gasteiger partial charge >= 0.3 is 0 Å². The highest BCUT2D eigenvalue weighted by Crippen LogP contribution is 2.31. The lowest BCUT2D eigenvalue weighted by molar-refractivity contribution is -0.149. The molecule has 0 bridgehead atoms. The van der Waals surface area contributed by atoms with Crippen molar-refractivity contribution in [3.63, 3.8) is 0 Å². The zero-order chi connectivity index (χ0) is 10.7. The lowest BCUT2D eigenvalue weighted by Gasteiger charge is -2.22. The second kappa shape index (κ2) is 4.56. The largest absolute Gasteiger partial charge is 0.344 e. The van der Waals surface area contributed by atoms with Gasteiger partial charge in [0.2, 0.25) is 0 Å². The topological polar surface area (TPSA) is 18.5 Å². The first-order chi connectivity index (χ1) is 7.24. The van der Waals surface area contributed by atoms with Gasteiger partial charge in [-0.05, 0) is 24.8 Å². The Morgan fingerprint density at radius 1 is 1.20 bits per heavy atom. The first-order valence-corrected chi connectivity index (χ1v) is 6.24. The Balaban J connectivity index is 2.15. The van der Waals surface area contributed by atoms with Crippen molar-refractivity contribution in [2.45, 2.75) is 24.5 Å². The Kier molecular flexibility index (Phi) is 3.34. The van der Waals surface area contributed by atoms with Crippen molar-refractivity contribution < 1.29 is 9.47 Å². The van der Waals surface area contributed by atoms with E-state index in [1.54, 1.807) is 0 Å². The molecule has 1 fully saturated rings. The lowest BCUT2D eigenvalue weighted by Crippen LogP contribution is -2.22. The molecule has 0 spiro atoms. The standard InChI is InChI=1S/C12H16O2S/c1-3-15-11-6-4-10(5-7-11)12(2)13-8-9-14-12/h4-7H,3,8-9H2,1-2H3. The van der Waals surface area contributed by atoms with Crippen molar-refractivity contribution in [1.82, 2.24) is 0 Å². The summed E-state index contributed by atoms with van der Waals surface area (Å²) in [6, 6.07) is 8.42. The van der Waals surface area contributed by atoms with Crippen molar-refractivity contribution in [2.24, 2.45) is 0 Å². The van der Waals surface area contributed by atoms with Gasteiger partial charge in [-0.25, -0.2) is 0 Å². The molecule has 82 valence electrons. The Morgan fingerprint density at radius 3 is 2.33 bits per heavy atom. The Bertz CT molecular complexity index is 315. The fraction of sp³-hybridized carbons (Fsp3) is 0.500. The summed E-state index contributed by atoms with van der Waals surface area (Å²) < 4.78 is 11.2. The van der Waals surface area contributed by atoms with Gasteiger partial charge in [0.25, 0.3) is 0 Å². The molecule has 0 saturated carbocycles. The van der Waals surface area contributed by atoms with Crippen molar-refractivity contribution in [3.8, 4) is 0 Å². The molecule has 0 atom stereocenters. The smallest absolute Gasteiger partial charge is 0.192 e. The van der Waals surface area contributed by atoms with Crippen molar-refractivity contribution in [1.29, 1.82) is 0 Å². The maximum Gasteiger partial charge on any atom is 0.192 e. The average molecular weight is 224 g/mol. The summed E-state index contributed by atoms with van der Waals surface area (Å²) in [5.74, 6) is 0.568. The van der Waals surface area contributed by atoms with Crippen LogP contribution in [0.25, 0.3) is 0 Å². The molecule has 0 radical (unpaired) electrons. The molecule has 15 heavy (non-hydrogen) atoms. The highest BCUT2D eigenvalue weighted by molar-refractivity contribution is 7.99. The maximum atomic E-state index is 5.60. The van der Waals surface area contributed by atoms with E-state index in [1.165, 1.54) is 4.90 Å². The van der Waals surface area contributed by atoms with E-state index in [2.05, 4.69) is 31.2 Å². The quantitative estimate of drug-likeness (QED) is 0.735. The molecule has 1 heterocycles. The highest BCUT2D eigenvalue weighted by Gasteiger charge is 2.32. The van der Waals surface area contributed by atoms with Gasteiger partial charge in [-0.3, -0.25) is 0 Å². The third-order valence-corrected chi connectivity index (χ3v) is 3.42. The second-order valence-corrected chi connectivity index (χ2v) is 4.94. The Labute approximate surface area is 95.0 Å². The molecule has 1 aromatic carbocycles. The van der Waals surface area contributed by atoms with Crippen LogP contribution < -0.4 is 0 Å². The fourth-order valence-corrected chi connectivity index (χ4v) is 2.36. The molecule has 0 aliphatic carbocycles.